The number of ether oxygens (including phenoxy) is 1. The van der Waals surface area contributed by atoms with E-state index in [9.17, 15) is 0 Å². The third-order valence-corrected chi connectivity index (χ3v) is 2.75. The molecule has 0 atom stereocenters. The van der Waals surface area contributed by atoms with E-state index in [0.717, 1.165) is 35.4 Å². The third kappa shape index (κ3) is 2.47. The van der Waals surface area contributed by atoms with Crippen molar-refractivity contribution in [2.24, 2.45) is 5.73 Å². The average molecular weight is 231 g/mol. The Labute approximate surface area is 101 Å². The molecular formula is C13H17N3O. The largest absolute Gasteiger partial charge is 0.496 e. The molecule has 2 aromatic rings. The van der Waals surface area contributed by atoms with Crippen molar-refractivity contribution in [3.63, 3.8) is 0 Å². The third-order valence-electron chi connectivity index (χ3n) is 2.75. The Morgan fingerprint density at radius 2 is 2.12 bits per heavy atom. The van der Waals surface area contributed by atoms with Crippen molar-refractivity contribution in [3.8, 4) is 16.9 Å². The molecule has 90 valence electrons. The molecule has 4 heteroatoms. The summed E-state index contributed by atoms with van der Waals surface area (Å²) in [6, 6.07) is 7.95. The van der Waals surface area contributed by atoms with Crippen LogP contribution in [0.1, 0.15) is 12.1 Å². The topological polar surface area (TPSA) is 63.9 Å². The van der Waals surface area contributed by atoms with Crippen molar-refractivity contribution in [1.82, 2.24) is 10.2 Å². The summed E-state index contributed by atoms with van der Waals surface area (Å²) in [6.45, 7) is 0.685. The van der Waals surface area contributed by atoms with E-state index in [2.05, 4.69) is 10.2 Å². The van der Waals surface area contributed by atoms with E-state index < -0.39 is 0 Å². The summed E-state index contributed by atoms with van der Waals surface area (Å²) < 4.78 is 5.36. The van der Waals surface area contributed by atoms with E-state index in [1.54, 1.807) is 7.11 Å². The van der Waals surface area contributed by atoms with Crippen molar-refractivity contribution in [3.05, 3.63) is 36.2 Å². The van der Waals surface area contributed by atoms with E-state index in [4.69, 9.17) is 10.5 Å². The fraction of sp³-hybridized carbons (Fsp3) is 0.308. The van der Waals surface area contributed by atoms with Crippen molar-refractivity contribution in [2.45, 2.75) is 12.8 Å². The summed E-state index contributed by atoms with van der Waals surface area (Å²) in [5.41, 5.74) is 8.80. The number of H-pyrrole nitrogens is 1. The molecule has 1 aromatic heterocycles. The number of methoxy groups -OCH3 is 1. The highest BCUT2D eigenvalue weighted by molar-refractivity contribution is 5.71. The monoisotopic (exact) mass is 231 g/mol. The molecule has 0 saturated carbocycles. The van der Waals surface area contributed by atoms with E-state index >= 15 is 0 Å². The van der Waals surface area contributed by atoms with Gasteiger partial charge in [-0.2, -0.15) is 5.10 Å². The normalized spacial score (nSPS) is 10.5. The molecule has 17 heavy (non-hydrogen) atoms. The van der Waals surface area contributed by atoms with Gasteiger partial charge in [-0.15, -0.1) is 0 Å². The average Bonchev–Trinajstić information content (AvgIpc) is 2.84. The second-order valence-corrected chi connectivity index (χ2v) is 3.85. The molecule has 0 unspecified atom stereocenters. The lowest BCUT2D eigenvalue weighted by atomic mass is 10.0. The molecule has 0 aliphatic rings. The molecule has 0 aliphatic heterocycles. The molecular weight excluding hydrogens is 214 g/mol. The maximum absolute atomic E-state index is 5.53. The molecule has 0 bridgehead atoms. The molecule has 0 fully saturated rings. The first-order valence-electron chi connectivity index (χ1n) is 5.72. The predicted octanol–water partition coefficient (Wildman–Crippen LogP) is 1.98. The van der Waals surface area contributed by atoms with Crippen molar-refractivity contribution < 1.29 is 4.74 Å². The van der Waals surface area contributed by atoms with Crippen molar-refractivity contribution in [1.29, 1.82) is 0 Å². The highest BCUT2D eigenvalue weighted by Gasteiger charge is 2.11. The first-order valence-corrected chi connectivity index (χ1v) is 5.72. The van der Waals surface area contributed by atoms with E-state index in [1.165, 1.54) is 0 Å². The molecule has 1 aromatic carbocycles. The minimum atomic E-state index is 0.685. The predicted molar refractivity (Wildman–Crippen MR) is 68.0 cm³/mol. The van der Waals surface area contributed by atoms with Crippen molar-refractivity contribution >= 4 is 0 Å². The smallest absolute Gasteiger partial charge is 0.126 e. The maximum Gasteiger partial charge on any atom is 0.126 e. The fourth-order valence-electron chi connectivity index (χ4n) is 1.88. The summed E-state index contributed by atoms with van der Waals surface area (Å²) in [5, 5.41) is 7.13. The van der Waals surface area contributed by atoms with Crippen LogP contribution in [0.15, 0.2) is 30.5 Å². The SMILES string of the molecule is COc1ccccc1-c1cn[nH]c1CCCN. The summed E-state index contributed by atoms with van der Waals surface area (Å²) in [4.78, 5) is 0. The number of rotatable bonds is 5. The Balaban J connectivity index is 2.35. The zero-order chi connectivity index (χ0) is 12.1. The molecule has 0 aliphatic carbocycles. The fourth-order valence-corrected chi connectivity index (χ4v) is 1.88. The molecule has 1 heterocycles. The summed E-state index contributed by atoms with van der Waals surface area (Å²) in [7, 11) is 1.68. The minimum Gasteiger partial charge on any atom is -0.496 e. The van der Waals surface area contributed by atoms with Gasteiger partial charge in [0.2, 0.25) is 0 Å². The number of benzene rings is 1. The molecule has 2 rings (SSSR count). The van der Waals surface area contributed by atoms with Crippen LogP contribution in [-0.4, -0.2) is 23.9 Å². The molecule has 0 amide bonds. The zero-order valence-corrected chi connectivity index (χ0v) is 9.94. The quantitative estimate of drug-likeness (QED) is 0.827. The lowest BCUT2D eigenvalue weighted by molar-refractivity contribution is 0.416. The number of nitrogens with zero attached hydrogens (tertiary/aromatic N) is 1. The second kappa shape index (κ2) is 5.50. The van der Waals surface area contributed by atoms with Crippen LogP contribution < -0.4 is 10.5 Å². The lowest BCUT2D eigenvalue weighted by Crippen LogP contribution is -2.01. The van der Waals surface area contributed by atoms with Gasteiger partial charge in [0.1, 0.15) is 5.75 Å². The number of hydrogen-bond donors (Lipinski definition) is 2. The standard InChI is InChI=1S/C13H17N3O/c1-17-13-7-3-2-5-10(13)11-9-15-16-12(11)6-4-8-14/h2-3,5,7,9H,4,6,8,14H2,1H3,(H,15,16). The number of aryl methyl sites for hydroxylation is 1. The zero-order valence-electron chi connectivity index (χ0n) is 9.94. The number of aromatic nitrogens is 2. The van der Waals surface area contributed by atoms with Gasteiger partial charge in [-0.3, -0.25) is 5.10 Å². The summed E-state index contributed by atoms with van der Waals surface area (Å²) in [6.07, 6.45) is 3.69. The first-order chi connectivity index (χ1) is 8.36. The number of para-hydroxylation sites is 1. The number of hydrogen-bond acceptors (Lipinski definition) is 3. The highest BCUT2D eigenvalue weighted by Crippen LogP contribution is 2.31. The molecule has 0 spiro atoms. The van der Waals surface area contributed by atoms with Crippen LogP contribution in [0, 0.1) is 0 Å². The van der Waals surface area contributed by atoms with Gasteiger partial charge in [0.15, 0.2) is 0 Å². The number of nitrogens with two attached hydrogens (primary N) is 1. The van der Waals surface area contributed by atoms with Gasteiger partial charge in [-0.1, -0.05) is 18.2 Å². The minimum absolute atomic E-state index is 0.685. The Hall–Kier alpha value is -1.81. The summed E-state index contributed by atoms with van der Waals surface area (Å²) >= 11 is 0. The summed E-state index contributed by atoms with van der Waals surface area (Å²) in [5.74, 6) is 0.864. The molecule has 4 nitrogen and oxygen atoms in total. The van der Waals surface area contributed by atoms with Crippen LogP contribution in [0.4, 0.5) is 0 Å². The van der Waals surface area contributed by atoms with Gasteiger partial charge >= 0.3 is 0 Å². The van der Waals surface area contributed by atoms with Crippen LogP contribution in [0.3, 0.4) is 0 Å². The van der Waals surface area contributed by atoms with Crippen LogP contribution in [0.2, 0.25) is 0 Å². The van der Waals surface area contributed by atoms with Gasteiger partial charge in [0.05, 0.1) is 13.3 Å². The lowest BCUT2D eigenvalue weighted by Gasteiger charge is -2.08. The van der Waals surface area contributed by atoms with Crippen LogP contribution in [0.25, 0.3) is 11.1 Å². The Bertz CT molecular complexity index is 479. The van der Waals surface area contributed by atoms with Gasteiger partial charge in [0, 0.05) is 16.8 Å². The van der Waals surface area contributed by atoms with Gasteiger partial charge in [-0.25, -0.2) is 0 Å². The van der Waals surface area contributed by atoms with Gasteiger partial charge in [0.25, 0.3) is 0 Å². The van der Waals surface area contributed by atoms with E-state index in [1.807, 2.05) is 30.5 Å². The Morgan fingerprint density at radius 3 is 2.88 bits per heavy atom. The first kappa shape index (κ1) is 11.7. The van der Waals surface area contributed by atoms with Crippen LogP contribution in [0.5, 0.6) is 5.75 Å². The van der Waals surface area contributed by atoms with E-state index in [0.29, 0.717) is 6.54 Å². The highest BCUT2D eigenvalue weighted by atomic mass is 16.5. The van der Waals surface area contributed by atoms with Crippen LogP contribution in [-0.2, 0) is 6.42 Å². The second-order valence-electron chi connectivity index (χ2n) is 3.85. The maximum atomic E-state index is 5.53. The Morgan fingerprint density at radius 1 is 1.29 bits per heavy atom. The number of nitrogens with one attached hydrogen (secondary N) is 1. The van der Waals surface area contributed by atoms with Crippen molar-refractivity contribution in [2.75, 3.05) is 13.7 Å². The molecule has 0 saturated heterocycles. The van der Waals surface area contributed by atoms with Gasteiger partial charge in [-0.05, 0) is 25.5 Å². The molecule has 3 N–H and O–H groups in total. The van der Waals surface area contributed by atoms with Crippen LogP contribution >= 0.6 is 0 Å². The Kier molecular flexibility index (Phi) is 3.77. The molecule has 0 radical (unpaired) electrons. The van der Waals surface area contributed by atoms with Gasteiger partial charge < -0.3 is 10.5 Å². The number of aromatic amines is 1. The van der Waals surface area contributed by atoms with E-state index in [-0.39, 0.29) is 0 Å².